The Balaban J connectivity index is 1.42. The van der Waals surface area contributed by atoms with Gasteiger partial charge in [-0.05, 0) is 32.0 Å². The van der Waals surface area contributed by atoms with Crippen molar-refractivity contribution in [2.45, 2.75) is 25.0 Å². The van der Waals surface area contributed by atoms with Gasteiger partial charge in [0.15, 0.2) is 11.6 Å². The maximum Gasteiger partial charge on any atom is 0.228 e. The Kier molecular flexibility index (Phi) is 4.71. The van der Waals surface area contributed by atoms with Gasteiger partial charge in [0.1, 0.15) is 17.9 Å². The van der Waals surface area contributed by atoms with Gasteiger partial charge in [-0.2, -0.15) is 10.2 Å². The first-order valence-corrected chi connectivity index (χ1v) is 10.2. The molecule has 1 aliphatic carbocycles. The van der Waals surface area contributed by atoms with Gasteiger partial charge >= 0.3 is 0 Å². The summed E-state index contributed by atoms with van der Waals surface area (Å²) in [4.78, 5) is 14.2. The summed E-state index contributed by atoms with van der Waals surface area (Å²) in [5, 5.41) is 11.8. The van der Waals surface area contributed by atoms with Crippen LogP contribution >= 0.6 is 0 Å². The molecule has 9 heteroatoms. The number of amides is 1. The van der Waals surface area contributed by atoms with Crippen molar-refractivity contribution in [1.82, 2.24) is 24.3 Å². The van der Waals surface area contributed by atoms with E-state index in [0.29, 0.717) is 5.82 Å². The predicted octanol–water partition coefficient (Wildman–Crippen LogP) is 1.79. The Morgan fingerprint density at radius 2 is 2.00 bits per heavy atom. The second-order valence-electron chi connectivity index (χ2n) is 8.21. The zero-order valence-corrected chi connectivity index (χ0v) is 17.4. The number of methoxy groups -OCH3 is 1. The molecule has 9 nitrogen and oxygen atoms in total. The predicted molar refractivity (Wildman–Crippen MR) is 111 cm³/mol. The average Bonchev–Trinajstić information content (AvgIpc) is 3.28. The molecule has 0 spiro atoms. The quantitative estimate of drug-likeness (QED) is 0.667. The molecule has 0 radical (unpaired) electrons. The molecule has 1 amide bonds. The summed E-state index contributed by atoms with van der Waals surface area (Å²) in [5.41, 5.74) is 2.76. The summed E-state index contributed by atoms with van der Waals surface area (Å²) in [6.45, 7) is 1.65. The summed E-state index contributed by atoms with van der Waals surface area (Å²) < 4.78 is 15.5. The number of carbonyl (C=O) groups excluding carboxylic acids is 1. The standard InChI is InChI=1S/C21H26N6O3/c1-25-11-17(29-3)18(12-25)30-16-10-22-26(2)20(16)14-6-7-27-15(8-14)9-19(24-27)23-21(28)13-4-5-13/h6-10,13,17-18H,4-5,11-12H2,1-3H3,(H,23,24,28)/t17-,18+/m1/s1. The lowest BCUT2D eigenvalue weighted by Crippen LogP contribution is -2.31. The number of likely N-dealkylation sites (tertiary alicyclic amines) is 1. The second-order valence-corrected chi connectivity index (χ2v) is 8.21. The average molecular weight is 410 g/mol. The number of anilines is 1. The van der Waals surface area contributed by atoms with Crippen molar-refractivity contribution >= 4 is 17.2 Å². The molecule has 30 heavy (non-hydrogen) atoms. The molecule has 0 bridgehead atoms. The number of nitrogens with one attached hydrogen (secondary N) is 1. The van der Waals surface area contributed by atoms with Gasteiger partial charge in [0.05, 0.1) is 11.7 Å². The number of pyridine rings is 1. The first-order valence-electron chi connectivity index (χ1n) is 10.2. The normalized spacial score (nSPS) is 22.0. The van der Waals surface area contributed by atoms with E-state index in [1.54, 1.807) is 17.8 Å². The SMILES string of the molecule is CO[C@@H]1CN(C)C[C@@H]1Oc1cnn(C)c1-c1ccn2nc(NC(=O)C3CC3)cc2c1. The van der Waals surface area contributed by atoms with E-state index in [1.165, 1.54) is 0 Å². The molecule has 0 aromatic carbocycles. The second kappa shape index (κ2) is 7.41. The maximum absolute atomic E-state index is 12.0. The molecule has 1 saturated carbocycles. The van der Waals surface area contributed by atoms with Crippen molar-refractivity contribution in [1.29, 1.82) is 0 Å². The van der Waals surface area contributed by atoms with Crippen LogP contribution in [0.4, 0.5) is 5.82 Å². The summed E-state index contributed by atoms with van der Waals surface area (Å²) in [6, 6.07) is 5.89. The van der Waals surface area contributed by atoms with E-state index in [9.17, 15) is 4.79 Å². The topological polar surface area (TPSA) is 85.9 Å². The maximum atomic E-state index is 12.0. The molecule has 0 unspecified atom stereocenters. The Hall–Kier alpha value is -2.91. The summed E-state index contributed by atoms with van der Waals surface area (Å²) in [6.07, 6.45) is 5.54. The minimum Gasteiger partial charge on any atom is -0.482 e. The first kappa shape index (κ1) is 19.1. The van der Waals surface area contributed by atoms with Crippen LogP contribution in [0.15, 0.2) is 30.6 Å². The van der Waals surface area contributed by atoms with Gasteiger partial charge < -0.3 is 14.8 Å². The number of carbonyl (C=O) groups is 1. The summed E-state index contributed by atoms with van der Waals surface area (Å²) in [7, 11) is 5.68. The Morgan fingerprint density at radius 1 is 1.20 bits per heavy atom. The van der Waals surface area contributed by atoms with Crippen molar-refractivity contribution < 1.29 is 14.3 Å². The minimum atomic E-state index is -0.0501. The number of ether oxygens (including phenoxy) is 2. The molecule has 3 aromatic heterocycles. The summed E-state index contributed by atoms with van der Waals surface area (Å²) in [5.74, 6) is 1.49. The van der Waals surface area contributed by atoms with Crippen molar-refractivity contribution in [3.8, 4) is 17.0 Å². The van der Waals surface area contributed by atoms with Crippen molar-refractivity contribution in [3.05, 3.63) is 30.6 Å². The number of nitrogens with zero attached hydrogens (tertiary/aromatic N) is 5. The van der Waals surface area contributed by atoms with Crippen molar-refractivity contribution in [2.24, 2.45) is 13.0 Å². The molecular formula is C21H26N6O3. The number of aromatic nitrogens is 4. The number of fused-ring (bicyclic) bond motifs is 1. The van der Waals surface area contributed by atoms with Crippen LogP contribution < -0.4 is 10.1 Å². The molecule has 4 heterocycles. The van der Waals surface area contributed by atoms with Gasteiger partial charge in [-0.15, -0.1) is 0 Å². The largest absolute Gasteiger partial charge is 0.482 e. The lowest BCUT2D eigenvalue weighted by molar-refractivity contribution is -0.117. The van der Waals surface area contributed by atoms with E-state index in [2.05, 4.69) is 27.5 Å². The molecule has 1 saturated heterocycles. The van der Waals surface area contributed by atoms with Crippen LogP contribution in [0.2, 0.25) is 0 Å². The Labute approximate surface area is 174 Å². The van der Waals surface area contributed by atoms with Gasteiger partial charge in [0.2, 0.25) is 5.91 Å². The van der Waals surface area contributed by atoms with E-state index in [1.807, 2.05) is 36.1 Å². The minimum absolute atomic E-state index is 0.0259. The third-order valence-corrected chi connectivity index (χ3v) is 5.82. The number of hydrogen-bond acceptors (Lipinski definition) is 6. The molecule has 5 rings (SSSR count). The van der Waals surface area contributed by atoms with E-state index in [-0.39, 0.29) is 24.0 Å². The van der Waals surface area contributed by atoms with E-state index in [4.69, 9.17) is 9.47 Å². The van der Waals surface area contributed by atoms with Gasteiger partial charge in [0, 0.05) is 51.0 Å². The highest BCUT2D eigenvalue weighted by Gasteiger charge is 2.34. The number of hydrogen-bond donors (Lipinski definition) is 1. The third kappa shape index (κ3) is 3.54. The van der Waals surface area contributed by atoms with Gasteiger partial charge in [-0.1, -0.05) is 0 Å². The molecule has 1 aliphatic heterocycles. The van der Waals surface area contributed by atoms with Gasteiger partial charge in [-0.25, -0.2) is 4.52 Å². The highest BCUT2D eigenvalue weighted by atomic mass is 16.5. The smallest absolute Gasteiger partial charge is 0.228 e. The van der Waals surface area contributed by atoms with Crippen LogP contribution in [-0.2, 0) is 16.6 Å². The van der Waals surface area contributed by atoms with E-state index in [0.717, 1.165) is 48.5 Å². The monoisotopic (exact) mass is 410 g/mol. The number of rotatable bonds is 6. The van der Waals surface area contributed by atoms with E-state index >= 15 is 0 Å². The van der Waals surface area contributed by atoms with Crippen LogP contribution in [0.1, 0.15) is 12.8 Å². The Morgan fingerprint density at radius 3 is 2.77 bits per heavy atom. The fraction of sp³-hybridized carbons (Fsp3) is 0.476. The van der Waals surface area contributed by atoms with Gasteiger partial charge in [0.25, 0.3) is 0 Å². The lowest BCUT2D eigenvalue weighted by atomic mass is 10.1. The third-order valence-electron chi connectivity index (χ3n) is 5.82. The molecule has 2 aliphatic rings. The van der Waals surface area contributed by atoms with Crippen molar-refractivity contribution in [2.75, 3.05) is 32.6 Å². The molecule has 2 fully saturated rings. The van der Waals surface area contributed by atoms with Crippen LogP contribution in [-0.4, -0.2) is 69.7 Å². The molecule has 158 valence electrons. The molecular weight excluding hydrogens is 384 g/mol. The number of likely N-dealkylation sites (N-methyl/N-ethyl adjacent to an activating group) is 1. The molecule has 1 N–H and O–H groups in total. The van der Waals surface area contributed by atoms with Crippen LogP contribution in [0, 0.1) is 5.92 Å². The van der Waals surface area contributed by atoms with Crippen LogP contribution in [0.5, 0.6) is 5.75 Å². The van der Waals surface area contributed by atoms with Crippen LogP contribution in [0.3, 0.4) is 0 Å². The zero-order chi connectivity index (χ0) is 20.8. The fourth-order valence-corrected chi connectivity index (χ4v) is 4.04. The zero-order valence-electron chi connectivity index (χ0n) is 17.4. The summed E-state index contributed by atoms with van der Waals surface area (Å²) >= 11 is 0. The van der Waals surface area contributed by atoms with Crippen molar-refractivity contribution in [3.63, 3.8) is 0 Å². The number of aryl methyl sites for hydroxylation is 1. The fourth-order valence-electron chi connectivity index (χ4n) is 4.04. The van der Waals surface area contributed by atoms with Gasteiger partial charge in [-0.3, -0.25) is 14.4 Å². The first-order chi connectivity index (χ1) is 14.5. The molecule has 3 aromatic rings. The van der Waals surface area contributed by atoms with Crippen LogP contribution in [0.25, 0.3) is 16.8 Å². The highest BCUT2D eigenvalue weighted by Crippen LogP contribution is 2.33. The lowest BCUT2D eigenvalue weighted by Gasteiger charge is -2.19. The van der Waals surface area contributed by atoms with E-state index < -0.39 is 0 Å². The molecule has 2 atom stereocenters. The highest BCUT2D eigenvalue weighted by molar-refractivity contribution is 5.93. The Bertz CT molecular complexity index is 1090.